The molecule has 2 heterocycles. The molecule has 8 nitrogen and oxygen atoms in total. The number of thiazole rings is 1. The number of nitrogens with zero attached hydrogens (tertiary/aromatic N) is 4. The molecule has 4 rings (SSSR count). The van der Waals surface area contributed by atoms with Crippen LogP contribution in [0.5, 0.6) is 0 Å². The molecule has 1 amide bonds. The SMILES string of the molecule is N#Cc1cc([N+](=O)[O-])ccc1NC(=O)Cc1csc2nc(-c3ccc(Cl)cc3)cn12. The summed E-state index contributed by atoms with van der Waals surface area (Å²) in [4.78, 5) is 28.1. The summed E-state index contributed by atoms with van der Waals surface area (Å²) < 4.78 is 1.84. The van der Waals surface area contributed by atoms with E-state index >= 15 is 0 Å². The van der Waals surface area contributed by atoms with Gasteiger partial charge in [-0.15, -0.1) is 11.3 Å². The number of hydrogen-bond acceptors (Lipinski definition) is 6. The van der Waals surface area contributed by atoms with E-state index in [4.69, 9.17) is 11.6 Å². The number of fused-ring (bicyclic) bond motifs is 1. The summed E-state index contributed by atoms with van der Waals surface area (Å²) in [6, 6.07) is 12.9. The van der Waals surface area contributed by atoms with E-state index in [1.807, 2.05) is 34.2 Å². The Hall–Kier alpha value is -3.74. The fourth-order valence-electron chi connectivity index (χ4n) is 2.92. The molecule has 0 atom stereocenters. The molecule has 4 aromatic rings. The van der Waals surface area contributed by atoms with Crippen LogP contribution in [0, 0.1) is 21.4 Å². The number of benzene rings is 2. The van der Waals surface area contributed by atoms with Gasteiger partial charge in [0, 0.05) is 40.0 Å². The lowest BCUT2D eigenvalue weighted by atomic mass is 10.1. The first-order chi connectivity index (χ1) is 14.4. The molecule has 2 aromatic carbocycles. The molecule has 0 aliphatic carbocycles. The van der Waals surface area contributed by atoms with E-state index in [9.17, 15) is 20.2 Å². The van der Waals surface area contributed by atoms with E-state index in [0.717, 1.165) is 28.0 Å². The molecule has 30 heavy (non-hydrogen) atoms. The highest BCUT2D eigenvalue weighted by molar-refractivity contribution is 7.15. The Balaban J connectivity index is 1.54. The number of imidazole rings is 1. The molecular weight excluding hydrogens is 426 g/mol. The minimum absolute atomic E-state index is 0.0284. The zero-order valence-electron chi connectivity index (χ0n) is 15.2. The average molecular weight is 438 g/mol. The Morgan fingerprint density at radius 3 is 2.77 bits per heavy atom. The molecule has 0 radical (unpaired) electrons. The number of nitro groups is 1. The van der Waals surface area contributed by atoms with Gasteiger partial charge in [0.15, 0.2) is 4.96 Å². The second kappa shape index (κ2) is 7.94. The number of carbonyl (C=O) groups is 1. The topological polar surface area (TPSA) is 113 Å². The Morgan fingerprint density at radius 2 is 2.07 bits per heavy atom. The normalized spacial score (nSPS) is 10.7. The van der Waals surface area contributed by atoms with Crippen molar-refractivity contribution in [2.75, 3.05) is 5.32 Å². The molecular formula is C20H12ClN5O3S. The fraction of sp³-hybridized carbons (Fsp3) is 0.0500. The van der Waals surface area contributed by atoms with Crippen molar-refractivity contribution in [1.82, 2.24) is 9.38 Å². The lowest BCUT2D eigenvalue weighted by Crippen LogP contribution is -2.16. The maximum atomic E-state index is 12.5. The van der Waals surface area contributed by atoms with E-state index in [1.165, 1.54) is 23.5 Å². The minimum atomic E-state index is -0.591. The lowest BCUT2D eigenvalue weighted by Gasteiger charge is -2.06. The van der Waals surface area contributed by atoms with Crippen molar-refractivity contribution in [1.29, 1.82) is 5.26 Å². The van der Waals surface area contributed by atoms with Gasteiger partial charge in [0.1, 0.15) is 6.07 Å². The second-order valence-electron chi connectivity index (χ2n) is 6.34. The number of carbonyl (C=O) groups excluding carboxylic acids is 1. The molecule has 10 heteroatoms. The van der Waals surface area contributed by atoms with Crippen LogP contribution in [-0.4, -0.2) is 20.2 Å². The maximum Gasteiger partial charge on any atom is 0.270 e. The summed E-state index contributed by atoms with van der Waals surface area (Å²) in [5.74, 6) is -0.346. The Bertz CT molecular complexity index is 1320. The Kier molecular flexibility index (Phi) is 5.18. The highest BCUT2D eigenvalue weighted by atomic mass is 35.5. The number of nitriles is 1. The highest BCUT2D eigenvalue weighted by Crippen LogP contribution is 2.26. The molecule has 1 N–H and O–H groups in total. The van der Waals surface area contributed by atoms with Gasteiger partial charge in [0.05, 0.1) is 28.3 Å². The quantitative estimate of drug-likeness (QED) is 0.359. The van der Waals surface area contributed by atoms with E-state index in [0.29, 0.717) is 5.02 Å². The fourth-order valence-corrected chi connectivity index (χ4v) is 3.92. The number of hydrogen-bond donors (Lipinski definition) is 1. The number of amides is 1. The maximum absolute atomic E-state index is 12.5. The molecule has 0 fully saturated rings. The van der Waals surface area contributed by atoms with Gasteiger partial charge in [0.25, 0.3) is 5.69 Å². The van der Waals surface area contributed by atoms with Gasteiger partial charge in [-0.3, -0.25) is 19.3 Å². The summed E-state index contributed by atoms with van der Waals surface area (Å²) in [6.07, 6.45) is 1.91. The van der Waals surface area contributed by atoms with Crippen molar-refractivity contribution < 1.29 is 9.72 Å². The Labute approximate surface area is 179 Å². The Morgan fingerprint density at radius 1 is 1.30 bits per heavy atom. The third kappa shape index (κ3) is 3.87. The number of halogens is 1. The molecule has 2 aromatic heterocycles. The van der Waals surface area contributed by atoms with E-state index < -0.39 is 4.92 Å². The summed E-state index contributed by atoms with van der Waals surface area (Å²) in [5, 5.41) is 25.2. The van der Waals surface area contributed by atoms with Gasteiger partial charge in [0.2, 0.25) is 5.91 Å². The van der Waals surface area contributed by atoms with Crippen LogP contribution in [0.3, 0.4) is 0 Å². The third-order valence-electron chi connectivity index (χ3n) is 4.37. The van der Waals surface area contributed by atoms with Crippen molar-refractivity contribution in [2.45, 2.75) is 6.42 Å². The van der Waals surface area contributed by atoms with Crippen molar-refractivity contribution in [2.24, 2.45) is 0 Å². The van der Waals surface area contributed by atoms with Crippen LogP contribution >= 0.6 is 22.9 Å². The van der Waals surface area contributed by atoms with Crippen LogP contribution < -0.4 is 5.32 Å². The highest BCUT2D eigenvalue weighted by Gasteiger charge is 2.16. The van der Waals surface area contributed by atoms with Crippen LogP contribution in [0.25, 0.3) is 16.2 Å². The number of rotatable bonds is 5. The zero-order chi connectivity index (χ0) is 21.3. The largest absolute Gasteiger partial charge is 0.325 e. The number of nitro benzene ring substituents is 1. The van der Waals surface area contributed by atoms with Crippen LogP contribution in [0.2, 0.25) is 5.02 Å². The summed E-state index contributed by atoms with van der Waals surface area (Å²) in [5.41, 5.74) is 2.46. The number of nitrogens with one attached hydrogen (secondary N) is 1. The average Bonchev–Trinajstić information content (AvgIpc) is 3.30. The smallest absolute Gasteiger partial charge is 0.270 e. The number of non-ortho nitro benzene ring substituents is 1. The van der Waals surface area contributed by atoms with Crippen LogP contribution in [-0.2, 0) is 11.2 Å². The van der Waals surface area contributed by atoms with E-state index in [-0.39, 0.29) is 29.3 Å². The minimum Gasteiger partial charge on any atom is -0.325 e. The molecule has 0 saturated carbocycles. The molecule has 0 saturated heterocycles. The summed E-state index contributed by atoms with van der Waals surface area (Å²) in [7, 11) is 0. The summed E-state index contributed by atoms with van der Waals surface area (Å²) in [6.45, 7) is 0. The molecule has 0 unspecified atom stereocenters. The van der Waals surface area contributed by atoms with Gasteiger partial charge in [-0.1, -0.05) is 23.7 Å². The van der Waals surface area contributed by atoms with Gasteiger partial charge < -0.3 is 5.32 Å². The van der Waals surface area contributed by atoms with Crippen LogP contribution in [0.1, 0.15) is 11.3 Å². The van der Waals surface area contributed by atoms with E-state index in [1.54, 1.807) is 12.1 Å². The molecule has 0 spiro atoms. The third-order valence-corrected chi connectivity index (χ3v) is 5.51. The van der Waals surface area contributed by atoms with Gasteiger partial charge >= 0.3 is 0 Å². The second-order valence-corrected chi connectivity index (χ2v) is 7.61. The first-order valence-electron chi connectivity index (χ1n) is 8.64. The van der Waals surface area contributed by atoms with Gasteiger partial charge in [-0.25, -0.2) is 4.98 Å². The molecule has 0 aliphatic heterocycles. The number of anilines is 1. The van der Waals surface area contributed by atoms with Gasteiger partial charge in [-0.2, -0.15) is 5.26 Å². The first kappa shape index (κ1) is 19.6. The zero-order valence-corrected chi connectivity index (χ0v) is 16.8. The monoisotopic (exact) mass is 437 g/mol. The number of aromatic nitrogens is 2. The van der Waals surface area contributed by atoms with Gasteiger partial charge in [-0.05, 0) is 18.2 Å². The van der Waals surface area contributed by atoms with Crippen LogP contribution in [0.4, 0.5) is 11.4 Å². The van der Waals surface area contributed by atoms with Crippen molar-refractivity contribution >= 4 is 45.2 Å². The van der Waals surface area contributed by atoms with Crippen molar-refractivity contribution in [3.63, 3.8) is 0 Å². The van der Waals surface area contributed by atoms with Crippen molar-refractivity contribution in [3.05, 3.63) is 80.4 Å². The molecule has 0 bridgehead atoms. The first-order valence-corrected chi connectivity index (χ1v) is 9.90. The standard InChI is InChI=1S/C20H12ClN5O3S/c21-14-3-1-12(2-4-14)18-10-25-16(11-30-20(25)24-18)8-19(27)23-17-6-5-15(26(28)29)7-13(17)9-22/h1-7,10-11H,8H2,(H,23,27). The molecule has 0 aliphatic rings. The lowest BCUT2D eigenvalue weighted by molar-refractivity contribution is -0.384. The van der Waals surface area contributed by atoms with E-state index in [2.05, 4.69) is 10.3 Å². The molecule has 148 valence electrons. The predicted octanol–water partition coefficient (Wildman–Crippen LogP) is 4.68. The predicted molar refractivity (Wildman–Crippen MR) is 114 cm³/mol. The summed E-state index contributed by atoms with van der Waals surface area (Å²) >= 11 is 7.34. The van der Waals surface area contributed by atoms with Crippen molar-refractivity contribution in [3.8, 4) is 17.3 Å². The van der Waals surface area contributed by atoms with Crippen LogP contribution in [0.15, 0.2) is 54.0 Å².